The number of benzene rings is 1. The second kappa shape index (κ2) is 5.36. The molecule has 0 saturated carbocycles. The molecule has 0 spiro atoms. The largest absolute Gasteiger partial charge is 0.319 e. The first kappa shape index (κ1) is 13.5. The maximum absolute atomic E-state index is 13.3. The molecule has 0 radical (unpaired) electrons. The van der Waals surface area contributed by atoms with E-state index in [4.69, 9.17) is 11.6 Å². The van der Waals surface area contributed by atoms with Gasteiger partial charge in [-0.05, 0) is 49.2 Å². The molecule has 1 aromatic carbocycles. The van der Waals surface area contributed by atoms with Gasteiger partial charge in [0.05, 0.1) is 5.69 Å². The number of aryl methyl sites for hydroxylation is 2. The molecule has 0 fully saturated rings. The van der Waals surface area contributed by atoms with E-state index in [1.165, 1.54) is 12.1 Å². The third-order valence-electron chi connectivity index (χ3n) is 2.66. The van der Waals surface area contributed by atoms with Gasteiger partial charge >= 0.3 is 0 Å². The van der Waals surface area contributed by atoms with Crippen molar-refractivity contribution in [3.8, 4) is 0 Å². The van der Waals surface area contributed by atoms with Crippen LogP contribution < -0.4 is 5.32 Å². The average molecular weight is 279 g/mol. The molecule has 1 aromatic heterocycles. The summed E-state index contributed by atoms with van der Waals surface area (Å²) in [5.74, 6) is -0.861. The fourth-order valence-corrected chi connectivity index (χ4v) is 1.98. The monoisotopic (exact) mass is 278 g/mol. The zero-order valence-electron chi connectivity index (χ0n) is 10.5. The molecular weight excluding hydrogens is 267 g/mol. The molecule has 1 N–H and O–H groups in total. The second-order valence-corrected chi connectivity index (χ2v) is 4.62. The second-order valence-electron chi connectivity index (χ2n) is 4.27. The number of halogens is 2. The summed E-state index contributed by atoms with van der Waals surface area (Å²) in [7, 11) is 0. The van der Waals surface area contributed by atoms with Crippen LogP contribution in [0.1, 0.15) is 21.5 Å². The number of amides is 1. The first-order valence-electron chi connectivity index (χ1n) is 5.67. The lowest BCUT2D eigenvalue weighted by atomic mass is 10.1. The molecule has 3 nitrogen and oxygen atoms in total. The van der Waals surface area contributed by atoms with Crippen LogP contribution in [-0.4, -0.2) is 10.9 Å². The van der Waals surface area contributed by atoms with E-state index in [9.17, 15) is 9.18 Å². The smallest absolute Gasteiger partial charge is 0.255 e. The Morgan fingerprint density at radius 1 is 1.32 bits per heavy atom. The minimum atomic E-state index is -0.445. The lowest BCUT2D eigenvalue weighted by molar-refractivity contribution is 0.102. The molecule has 0 unspecified atom stereocenters. The Labute approximate surface area is 115 Å². The number of carbonyl (C=O) groups excluding carboxylic acids is 1. The minimum absolute atomic E-state index is 0.210. The van der Waals surface area contributed by atoms with Gasteiger partial charge in [-0.15, -0.1) is 0 Å². The van der Waals surface area contributed by atoms with Crippen LogP contribution in [-0.2, 0) is 0 Å². The highest BCUT2D eigenvalue weighted by Crippen LogP contribution is 2.23. The number of rotatable bonds is 2. The SMILES string of the molecule is Cc1cc(F)cc(C(=O)Nc2c(C)ccnc2Cl)c1. The lowest BCUT2D eigenvalue weighted by Crippen LogP contribution is -2.14. The summed E-state index contributed by atoms with van der Waals surface area (Å²) in [5.41, 5.74) is 2.16. The standard InChI is InChI=1S/C14H12ClFN2O/c1-8-5-10(7-11(16)6-8)14(19)18-12-9(2)3-4-17-13(12)15/h3-7H,1-2H3,(H,18,19). The normalized spacial score (nSPS) is 10.3. The third-order valence-corrected chi connectivity index (χ3v) is 2.94. The molecule has 2 aromatic rings. The molecule has 0 aliphatic heterocycles. The van der Waals surface area contributed by atoms with Crippen molar-refractivity contribution >= 4 is 23.2 Å². The summed E-state index contributed by atoms with van der Waals surface area (Å²) < 4.78 is 13.3. The van der Waals surface area contributed by atoms with Crippen molar-refractivity contribution in [2.75, 3.05) is 5.32 Å². The van der Waals surface area contributed by atoms with Gasteiger partial charge in [-0.25, -0.2) is 9.37 Å². The van der Waals surface area contributed by atoms with Gasteiger partial charge in [0.15, 0.2) is 5.15 Å². The van der Waals surface area contributed by atoms with Crippen LogP contribution in [0.25, 0.3) is 0 Å². The molecule has 0 atom stereocenters. The number of aromatic nitrogens is 1. The molecule has 1 amide bonds. The van der Waals surface area contributed by atoms with Crippen LogP contribution in [0.15, 0.2) is 30.5 Å². The summed E-state index contributed by atoms with van der Waals surface area (Å²) in [6.45, 7) is 3.53. The van der Waals surface area contributed by atoms with E-state index in [1.54, 1.807) is 32.2 Å². The van der Waals surface area contributed by atoms with E-state index < -0.39 is 11.7 Å². The Bertz CT molecular complexity index is 603. The van der Waals surface area contributed by atoms with E-state index in [0.717, 1.165) is 5.56 Å². The fourth-order valence-electron chi connectivity index (χ4n) is 1.73. The summed E-state index contributed by atoms with van der Waals surface area (Å²) in [5, 5.41) is 2.86. The van der Waals surface area contributed by atoms with Gasteiger partial charge in [-0.3, -0.25) is 4.79 Å². The highest BCUT2D eigenvalue weighted by molar-refractivity contribution is 6.32. The first-order chi connectivity index (χ1) is 8.97. The quantitative estimate of drug-likeness (QED) is 0.850. The van der Waals surface area contributed by atoms with Gasteiger partial charge in [0.1, 0.15) is 5.82 Å². The van der Waals surface area contributed by atoms with Crippen molar-refractivity contribution in [3.05, 3.63) is 58.1 Å². The summed E-state index contributed by atoms with van der Waals surface area (Å²) in [4.78, 5) is 16.0. The summed E-state index contributed by atoms with van der Waals surface area (Å²) in [6.07, 6.45) is 1.56. The molecule has 0 aliphatic rings. The fraction of sp³-hybridized carbons (Fsp3) is 0.143. The van der Waals surface area contributed by atoms with Gasteiger partial charge in [-0.2, -0.15) is 0 Å². The Morgan fingerprint density at radius 2 is 2.05 bits per heavy atom. The van der Waals surface area contributed by atoms with E-state index in [2.05, 4.69) is 10.3 Å². The predicted molar refractivity (Wildman–Crippen MR) is 73.1 cm³/mol. The third kappa shape index (κ3) is 3.09. The molecule has 0 saturated heterocycles. The van der Waals surface area contributed by atoms with Gasteiger partial charge in [0, 0.05) is 11.8 Å². The van der Waals surface area contributed by atoms with Crippen LogP contribution in [0.2, 0.25) is 5.15 Å². The molecule has 1 heterocycles. The van der Waals surface area contributed by atoms with Gasteiger partial charge in [-0.1, -0.05) is 11.6 Å². The Balaban J connectivity index is 2.31. The number of hydrogen-bond acceptors (Lipinski definition) is 2. The maximum Gasteiger partial charge on any atom is 0.255 e. The van der Waals surface area contributed by atoms with Crippen LogP contribution in [0.3, 0.4) is 0 Å². The molecule has 19 heavy (non-hydrogen) atoms. The van der Waals surface area contributed by atoms with E-state index in [1.807, 2.05) is 0 Å². The van der Waals surface area contributed by atoms with Gasteiger partial charge in [0.2, 0.25) is 0 Å². The van der Waals surface area contributed by atoms with Crippen molar-refractivity contribution < 1.29 is 9.18 Å². The summed E-state index contributed by atoms with van der Waals surface area (Å²) >= 11 is 5.92. The van der Waals surface area contributed by atoms with Crippen molar-refractivity contribution in [2.45, 2.75) is 13.8 Å². The lowest BCUT2D eigenvalue weighted by Gasteiger charge is -2.10. The van der Waals surface area contributed by atoms with Crippen LogP contribution in [0.4, 0.5) is 10.1 Å². The van der Waals surface area contributed by atoms with Crippen molar-refractivity contribution in [2.24, 2.45) is 0 Å². The van der Waals surface area contributed by atoms with Gasteiger partial charge < -0.3 is 5.32 Å². The molecule has 5 heteroatoms. The molecular formula is C14H12ClFN2O. The van der Waals surface area contributed by atoms with Crippen LogP contribution >= 0.6 is 11.6 Å². The molecule has 98 valence electrons. The van der Waals surface area contributed by atoms with E-state index in [-0.39, 0.29) is 10.7 Å². The zero-order chi connectivity index (χ0) is 14.0. The van der Waals surface area contributed by atoms with Crippen molar-refractivity contribution in [1.82, 2.24) is 4.98 Å². The predicted octanol–water partition coefficient (Wildman–Crippen LogP) is 3.74. The number of pyridine rings is 1. The van der Waals surface area contributed by atoms with E-state index >= 15 is 0 Å². The number of hydrogen-bond donors (Lipinski definition) is 1. The van der Waals surface area contributed by atoms with Crippen LogP contribution in [0, 0.1) is 19.7 Å². The highest BCUT2D eigenvalue weighted by Gasteiger charge is 2.12. The Kier molecular flexibility index (Phi) is 3.81. The minimum Gasteiger partial charge on any atom is -0.319 e. The van der Waals surface area contributed by atoms with Crippen LogP contribution in [0.5, 0.6) is 0 Å². The maximum atomic E-state index is 13.3. The van der Waals surface area contributed by atoms with E-state index in [0.29, 0.717) is 11.3 Å². The first-order valence-corrected chi connectivity index (χ1v) is 6.05. The average Bonchev–Trinajstić information content (AvgIpc) is 2.32. The Morgan fingerprint density at radius 3 is 2.68 bits per heavy atom. The molecule has 2 rings (SSSR count). The number of nitrogens with one attached hydrogen (secondary N) is 1. The zero-order valence-corrected chi connectivity index (χ0v) is 11.3. The summed E-state index contributed by atoms with van der Waals surface area (Å²) in [6, 6.07) is 5.89. The number of anilines is 1. The van der Waals surface area contributed by atoms with Crippen molar-refractivity contribution in [3.63, 3.8) is 0 Å². The topological polar surface area (TPSA) is 42.0 Å². The molecule has 0 aliphatic carbocycles. The van der Waals surface area contributed by atoms with Gasteiger partial charge in [0.25, 0.3) is 5.91 Å². The van der Waals surface area contributed by atoms with Crippen molar-refractivity contribution in [1.29, 1.82) is 0 Å². The number of carbonyl (C=O) groups is 1. The highest BCUT2D eigenvalue weighted by atomic mass is 35.5. The number of nitrogens with zero attached hydrogens (tertiary/aromatic N) is 1. The molecule has 0 bridgehead atoms. The Hall–Kier alpha value is -1.94.